The van der Waals surface area contributed by atoms with Crippen LogP contribution in [0.3, 0.4) is 0 Å². The Morgan fingerprint density at radius 2 is 1.97 bits per heavy atom. The Morgan fingerprint density at radius 3 is 2.63 bits per heavy atom. The minimum atomic E-state index is -0.314. The van der Waals surface area contributed by atoms with E-state index in [2.05, 4.69) is 20.4 Å². The standard InChI is InChI=1S/C20H23N5O4S/c1-11-12(2)24-25(4)20(27)16(11)19-22-13(3)17(30-19)18(26)23-14-6-7-15(21-10-14)29-9-8-28-5/h6-7,10H,8-9H2,1-5H3,(H,23,26). The molecule has 0 aliphatic rings. The summed E-state index contributed by atoms with van der Waals surface area (Å²) in [5.41, 5.74) is 2.80. The first-order valence-corrected chi connectivity index (χ1v) is 10.0. The van der Waals surface area contributed by atoms with E-state index in [0.717, 1.165) is 11.3 Å². The molecule has 0 radical (unpaired) electrons. The normalized spacial score (nSPS) is 10.8. The van der Waals surface area contributed by atoms with E-state index in [1.165, 1.54) is 22.2 Å². The van der Waals surface area contributed by atoms with Crippen molar-refractivity contribution in [2.75, 3.05) is 25.6 Å². The Kier molecular flexibility index (Phi) is 6.58. The number of thiazole rings is 1. The zero-order chi connectivity index (χ0) is 21.8. The third-order valence-corrected chi connectivity index (χ3v) is 5.65. The highest BCUT2D eigenvalue weighted by molar-refractivity contribution is 7.17. The van der Waals surface area contributed by atoms with Gasteiger partial charge in [0.05, 0.1) is 35.4 Å². The van der Waals surface area contributed by atoms with Crippen LogP contribution in [-0.4, -0.2) is 46.0 Å². The molecule has 0 spiro atoms. The van der Waals surface area contributed by atoms with E-state index in [1.807, 2.05) is 13.8 Å². The van der Waals surface area contributed by atoms with Gasteiger partial charge in [0.2, 0.25) is 5.88 Å². The van der Waals surface area contributed by atoms with Gasteiger partial charge in [0, 0.05) is 20.2 Å². The summed E-state index contributed by atoms with van der Waals surface area (Å²) in [6.45, 7) is 6.27. The molecule has 0 atom stereocenters. The number of nitrogens with zero attached hydrogens (tertiary/aromatic N) is 4. The van der Waals surface area contributed by atoms with E-state index >= 15 is 0 Å². The van der Waals surface area contributed by atoms with Crippen molar-refractivity contribution in [2.45, 2.75) is 20.8 Å². The summed E-state index contributed by atoms with van der Waals surface area (Å²) >= 11 is 1.18. The average Bonchev–Trinajstić information content (AvgIpc) is 3.09. The van der Waals surface area contributed by atoms with E-state index < -0.39 is 0 Å². The average molecular weight is 430 g/mol. The minimum absolute atomic E-state index is 0.243. The largest absolute Gasteiger partial charge is 0.475 e. The van der Waals surface area contributed by atoms with Crippen LogP contribution >= 0.6 is 11.3 Å². The molecule has 9 nitrogen and oxygen atoms in total. The number of anilines is 1. The van der Waals surface area contributed by atoms with Crippen LogP contribution in [0.15, 0.2) is 23.1 Å². The Hall–Kier alpha value is -3.11. The fourth-order valence-corrected chi connectivity index (χ4v) is 3.83. The first kappa shape index (κ1) is 21.6. The second-order valence-electron chi connectivity index (χ2n) is 6.63. The van der Waals surface area contributed by atoms with Gasteiger partial charge in [-0.15, -0.1) is 11.3 Å². The fourth-order valence-electron chi connectivity index (χ4n) is 2.77. The van der Waals surface area contributed by atoms with Crippen LogP contribution in [0.5, 0.6) is 5.88 Å². The van der Waals surface area contributed by atoms with Crippen molar-refractivity contribution >= 4 is 22.9 Å². The molecule has 0 unspecified atom stereocenters. The summed E-state index contributed by atoms with van der Waals surface area (Å²) in [6, 6.07) is 3.37. The van der Waals surface area contributed by atoms with Crippen LogP contribution in [0, 0.1) is 20.8 Å². The van der Waals surface area contributed by atoms with Crippen molar-refractivity contribution < 1.29 is 14.3 Å². The molecule has 3 rings (SSSR count). The van der Waals surface area contributed by atoms with Crippen LogP contribution in [0.2, 0.25) is 0 Å². The summed E-state index contributed by atoms with van der Waals surface area (Å²) in [7, 11) is 3.19. The highest BCUT2D eigenvalue weighted by Gasteiger charge is 2.21. The van der Waals surface area contributed by atoms with Gasteiger partial charge in [0.25, 0.3) is 11.5 Å². The van der Waals surface area contributed by atoms with Crippen LogP contribution < -0.4 is 15.6 Å². The Bertz CT molecular complexity index is 1120. The minimum Gasteiger partial charge on any atom is -0.475 e. The van der Waals surface area contributed by atoms with Crippen molar-refractivity contribution in [3.05, 3.63) is 50.5 Å². The number of rotatable bonds is 7. The van der Waals surface area contributed by atoms with Crippen molar-refractivity contribution in [1.29, 1.82) is 0 Å². The van der Waals surface area contributed by atoms with Crippen molar-refractivity contribution in [2.24, 2.45) is 7.05 Å². The van der Waals surface area contributed by atoms with Crippen LogP contribution in [0.1, 0.15) is 26.6 Å². The number of nitrogens with one attached hydrogen (secondary N) is 1. The molecular formula is C20H23N5O4S. The van der Waals surface area contributed by atoms with Crippen molar-refractivity contribution in [3.63, 3.8) is 0 Å². The molecule has 0 bridgehead atoms. The first-order chi connectivity index (χ1) is 14.3. The molecule has 158 valence electrons. The Labute approximate surface area is 177 Å². The van der Waals surface area contributed by atoms with E-state index in [4.69, 9.17) is 9.47 Å². The maximum absolute atomic E-state index is 12.8. The maximum atomic E-state index is 12.8. The van der Waals surface area contributed by atoms with E-state index in [0.29, 0.717) is 45.9 Å². The number of carbonyl (C=O) groups is 1. The van der Waals surface area contributed by atoms with E-state index in [1.54, 1.807) is 33.2 Å². The van der Waals surface area contributed by atoms with E-state index in [9.17, 15) is 9.59 Å². The summed E-state index contributed by atoms with van der Waals surface area (Å²) in [5.74, 6) is 0.132. The smallest absolute Gasteiger partial charge is 0.277 e. The second kappa shape index (κ2) is 9.14. The predicted molar refractivity (Wildman–Crippen MR) is 114 cm³/mol. The molecular weight excluding hydrogens is 406 g/mol. The molecule has 0 saturated heterocycles. The Morgan fingerprint density at radius 1 is 1.20 bits per heavy atom. The van der Waals surface area contributed by atoms with E-state index in [-0.39, 0.29) is 11.5 Å². The zero-order valence-electron chi connectivity index (χ0n) is 17.5. The molecule has 0 aliphatic heterocycles. The van der Waals surface area contributed by atoms with Gasteiger partial charge >= 0.3 is 0 Å². The second-order valence-corrected chi connectivity index (χ2v) is 7.63. The molecule has 10 heteroatoms. The lowest BCUT2D eigenvalue weighted by atomic mass is 10.1. The van der Waals surface area contributed by atoms with Gasteiger partial charge in [-0.3, -0.25) is 9.59 Å². The summed E-state index contributed by atoms with van der Waals surface area (Å²) in [5, 5.41) is 7.49. The molecule has 0 saturated carbocycles. The molecule has 30 heavy (non-hydrogen) atoms. The van der Waals surface area contributed by atoms with Gasteiger partial charge in [-0.25, -0.2) is 14.6 Å². The van der Waals surface area contributed by atoms with Gasteiger partial charge in [0.1, 0.15) is 16.5 Å². The highest BCUT2D eigenvalue weighted by Crippen LogP contribution is 2.29. The zero-order valence-corrected chi connectivity index (χ0v) is 18.3. The van der Waals surface area contributed by atoms with Gasteiger partial charge in [-0.2, -0.15) is 5.10 Å². The molecule has 3 heterocycles. The topological polar surface area (TPSA) is 108 Å². The lowest BCUT2D eigenvalue weighted by Gasteiger charge is -2.07. The number of aromatic nitrogens is 4. The van der Waals surface area contributed by atoms with Crippen LogP contribution in [-0.2, 0) is 11.8 Å². The highest BCUT2D eigenvalue weighted by atomic mass is 32.1. The number of ether oxygens (including phenoxy) is 2. The van der Waals surface area contributed by atoms with Gasteiger partial charge in [-0.05, 0) is 32.4 Å². The number of hydrogen-bond donors (Lipinski definition) is 1. The van der Waals surface area contributed by atoms with Gasteiger partial charge < -0.3 is 14.8 Å². The number of pyridine rings is 1. The van der Waals surface area contributed by atoms with Crippen LogP contribution in [0.25, 0.3) is 10.6 Å². The predicted octanol–water partition coefficient (Wildman–Crippen LogP) is 2.50. The molecule has 0 aliphatic carbocycles. The molecule has 0 fully saturated rings. The number of methoxy groups -OCH3 is 1. The van der Waals surface area contributed by atoms with Crippen LogP contribution in [0.4, 0.5) is 5.69 Å². The Balaban J connectivity index is 1.81. The number of hydrogen-bond acceptors (Lipinski definition) is 8. The van der Waals surface area contributed by atoms with Crippen molar-refractivity contribution in [1.82, 2.24) is 19.7 Å². The monoisotopic (exact) mass is 429 g/mol. The SMILES string of the molecule is COCCOc1ccc(NC(=O)c2sc(-c3c(C)c(C)nn(C)c3=O)nc2C)cn1. The lowest BCUT2D eigenvalue weighted by molar-refractivity contribution is 0.102. The van der Waals surface area contributed by atoms with Gasteiger partial charge in [0.15, 0.2) is 0 Å². The third kappa shape index (κ3) is 4.55. The molecule has 3 aromatic rings. The third-order valence-electron chi connectivity index (χ3n) is 4.47. The maximum Gasteiger partial charge on any atom is 0.277 e. The molecule has 0 aromatic carbocycles. The number of amides is 1. The fraction of sp³-hybridized carbons (Fsp3) is 0.350. The first-order valence-electron chi connectivity index (χ1n) is 9.23. The molecule has 3 aromatic heterocycles. The lowest BCUT2D eigenvalue weighted by Crippen LogP contribution is -2.23. The molecule has 1 amide bonds. The quantitative estimate of drug-likeness (QED) is 0.575. The number of carbonyl (C=O) groups excluding carboxylic acids is 1. The summed E-state index contributed by atoms with van der Waals surface area (Å²) in [4.78, 5) is 34.4. The summed E-state index contributed by atoms with van der Waals surface area (Å²) < 4.78 is 11.6. The van der Waals surface area contributed by atoms with Gasteiger partial charge in [-0.1, -0.05) is 0 Å². The summed E-state index contributed by atoms with van der Waals surface area (Å²) in [6.07, 6.45) is 1.52. The molecule has 1 N–H and O–H groups in total. The number of aryl methyl sites for hydroxylation is 3. The van der Waals surface area contributed by atoms with Crippen molar-refractivity contribution in [3.8, 4) is 16.5 Å².